The average Bonchev–Trinajstić information content (AvgIpc) is 3.42. The van der Waals surface area contributed by atoms with E-state index in [4.69, 9.17) is 9.47 Å². The van der Waals surface area contributed by atoms with Gasteiger partial charge in [0.05, 0.1) is 40.8 Å². The SMILES string of the molecule is CCOc1ccc2nc(N3C(=O)C(=O)/C(=C(/O)c4ccccc4OC)C3c3ccccn3)sc2c1. The third-order valence-corrected chi connectivity index (χ3v) is 6.66. The van der Waals surface area contributed by atoms with Gasteiger partial charge in [0.15, 0.2) is 5.13 Å². The Morgan fingerprint density at radius 2 is 1.91 bits per heavy atom. The number of carbonyl (C=O) groups excluding carboxylic acids is 2. The molecule has 4 aromatic rings. The minimum atomic E-state index is -0.965. The number of carbonyl (C=O) groups is 2. The molecule has 5 rings (SSSR count). The first kappa shape index (κ1) is 22.5. The third kappa shape index (κ3) is 3.89. The van der Waals surface area contributed by atoms with Gasteiger partial charge in [-0.3, -0.25) is 19.5 Å². The van der Waals surface area contributed by atoms with E-state index in [-0.39, 0.29) is 11.3 Å². The van der Waals surface area contributed by atoms with Crippen molar-refractivity contribution in [2.75, 3.05) is 18.6 Å². The van der Waals surface area contributed by atoms with Crippen molar-refractivity contribution >= 4 is 44.1 Å². The molecule has 2 aromatic heterocycles. The number of thiazole rings is 1. The molecule has 3 heterocycles. The van der Waals surface area contributed by atoms with Crippen molar-refractivity contribution in [3.63, 3.8) is 0 Å². The zero-order valence-corrected chi connectivity index (χ0v) is 19.8. The number of para-hydroxylation sites is 1. The fourth-order valence-corrected chi connectivity index (χ4v) is 5.11. The molecule has 1 amide bonds. The predicted octanol–water partition coefficient (Wildman–Crippen LogP) is 4.72. The van der Waals surface area contributed by atoms with Crippen LogP contribution >= 0.6 is 11.3 Å². The van der Waals surface area contributed by atoms with Gasteiger partial charge in [0.1, 0.15) is 23.3 Å². The average molecular weight is 488 g/mol. The molecule has 8 nitrogen and oxygen atoms in total. The van der Waals surface area contributed by atoms with E-state index in [2.05, 4.69) is 9.97 Å². The summed E-state index contributed by atoms with van der Waals surface area (Å²) in [7, 11) is 1.47. The molecule has 1 fully saturated rings. The normalized spacial score (nSPS) is 17.2. The highest BCUT2D eigenvalue weighted by atomic mass is 32.1. The van der Waals surface area contributed by atoms with Gasteiger partial charge in [0, 0.05) is 6.20 Å². The number of nitrogens with zero attached hydrogens (tertiary/aromatic N) is 3. The molecule has 35 heavy (non-hydrogen) atoms. The van der Waals surface area contributed by atoms with Crippen LogP contribution in [0.5, 0.6) is 11.5 Å². The van der Waals surface area contributed by atoms with E-state index in [0.717, 1.165) is 4.70 Å². The molecule has 0 bridgehead atoms. The lowest BCUT2D eigenvalue weighted by Crippen LogP contribution is -2.29. The number of amides is 1. The smallest absolute Gasteiger partial charge is 0.301 e. The second-order valence-electron chi connectivity index (χ2n) is 7.68. The summed E-state index contributed by atoms with van der Waals surface area (Å²) in [5, 5.41) is 11.6. The Kier molecular flexibility index (Phi) is 5.92. The Balaban J connectivity index is 1.70. The summed E-state index contributed by atoms with van der Waals surface area (Å²) in [5.41, 5.74) is 1.32. The van der Waals surface area contributed by atoms with Gasteiger partial charge < -0.3 is 14.6 Å². The van der Waals surface area contributed by atoms with Crippen LogP contribution in [0.2, 0.25) is 0 Å². The number of anilines is 1. The van der Waals surface area contributed by atoms with Crippen LogP contribution in [0.15, 0.2) is 72.4 Å². The lowest BCUT2D eigenvalue weighted by molar-refractivity contribution is -0.132. The molecule has 1 N–H and O–H groups in total. The minimum absolute atomic E-state index is 0.0764. The van der Waals surface area contributed by atoms with Crippen LogP contribution in [-0.4, -0.2) is 40.5 Å². The van der Waals surface area contributed by atoms with Gasteiger partial charge in [-0.2, -0.15) is 0 Å². The quantitative estimate of drug-likeness (QED) is 0.238. The zero-order chi connectivity index (χ0) is 24.5. The first-order valence-electron chi connectivity index (χ1n) is 10.9. The molecular weight excluding hydrogens is 466 g/mol. The van der Waals surface area contributed by atoms with Crippen molar-refractivity contribution in [2.45, 2.75) is 13.0 Å². The minimum Gasteiger partial charge on any atom is -0.507 e. The van der Waals surface area contributed by atoms with Gasteiger partial charge in [0.25, 0.3) is 5.78 Å². The van der Waals surface area contributed by atoms with Crippen molar-refractivity contribution in [3.05, 3.63) is 83.7 Å². The van der Waals surface area contributed by atoms with Crippen LogP contribution in [0.1, 0.15) is 24.2 Å². The highest BCUT2D eigenvalue weighted by Crippen LogP contribution is 2.44. The summed E-state index contributed by atoms with van der Waals surface area (Å²) < 4.78 is 11.8. The van der Waals surface area contributed by atoms with Crippen LogP contribution in [0.25, 0.3) is 16.0 Å². The standard InChI is InChI=1S/C26H21N3O5S/c1-3-34-15-11-12-17-20(14-15)35-26(28-17)29-22(18-9-6-7-13-27-18)21(24(31)25(29)32)23(30)16-8-4-5-10-19(16)33-2/h4-14,22,30H,3H2,1-2H3/b23-21+. The molecule has 1 saturated heterocycles. The number of Topliss-reactive ketones (excluding diaryl/α,β-unsaturated/α-hetero) is 1. The van der Waals surface area contributed by atoms with Crippen molar-refractivity contribution < 1.29 is 24.2 Å². The topological polar surface area (TPSA) is 102 Å². The van der Waals surface area contributed by atoms with Gasteiger partial charge >= 0.3 is 5.91 Å². The number of aliphatic hydroxyl groups is 1. The van der Waals surface area contributed by atoms with E-state index in [1.54, 1.807) is 54.7 Å². The van der Waals surface area contributed by atoms with Crippen molar-refractivity contribution in [3.8, 4) is 11.5 Å². The van der Waals surface area contributed by atoms with Crippen LogP contribution in [-0.2, 0) is 9.59 Å². The number of ketones is 1. The van der Waals surface area contributed by atoms with E-state index in [9.17, 15) is 14.7 Å². The van der Waals surface area contributed by atoms with Gasteiger partial charge in [-0.25, -0.2) is 4.98 Å². The Labute approximate surface area is 205 Å². The predicted molar refractivity (Wildman–Crippen MR) is 133 cm³/mol. The Morgan fingerprint density at radius 1 is 1.11 bits per heavy atom. The summed E-state index contributed by atoms with van der Waals surface area (Å²) in [6.45, 7) is 2.42. The van der Waals surface area contributed by atoms with Gasteiger partial charge in [0.2, 0.25) is 0 Å². The summed E-state index contributed by atoms with van der Waals surface area (Å²) in [5.74, 6) is -0.882. The molecule has 1 atom stereocenters. The first-order chi connectivity index (χ1) is 17.0. The number of hydrogen-bond acceptors (Lipinski definition) is 8. The number of methoxy groups -OCH3 is 1. The van der Waals surface area contributed by atoms with Gasteiger partial charge in [-0.1, -0.05) is 29.5 Å². The van der Waals surface area contributed by atoms with E-state index in [1.807, 2.05) is 19.1 Å². The Hall–Kier alpha value is -4.24. The molecule has 1 unspecified atom stereocenters. The van der Waals surface area contributed by atoms with Crippen molar-refractivity contribution in [1.82, 2.24) is 9.97 Å². The summed E-state index contributed by atoms with van der Waals surface area (Å²) in [6, 6.07) is 16.5. The second-order valence-corrected chi connectivity index (χ2v) is 8.69. The number of pyridine rings is 1. The van der Waals surface area contributed by atoms with Crippen LogP contribution in [0, 0.1) is 0 Å². The summed E-state index contributed by atoms with van der Waals surface area (Å²) in [6.07, 6.45) is 1.57. The fourth-order valence-electron chi connectivity index (χ4n) is 4.08. The molecule has 0 saturated carbocycles. The number of benzene rings is 2. The maximum atomic E-state index is 13.4. The third-order valence-electron chi connectivity index (χ3n) is 5.64. The molecule has 0 spiro atoms. The van der Waals surface area contributed by atoms with Gasteiger partial charge in [-0.15, -0.1) is 0 Å². The largest absolute Gasteiger partial charge is 0.507 e. The fraction of sp³-hybridized carbons (Fsp3) is 0.154. The molecule has 1 aliphatic rings. The van der Waals surface area contributed by atoms with Crippen molar-refractivity contribution in [2.24, 2.45) is 0 Å². The number of fused-ring (bicyclic) bond motifs is 1. The van der Waals surface area contributed by atoms with E-state index in [0.29, 0.717) is 40.0 Å². The van der Waals surface area contributed by atoms with Crippen molar-refractivity contribution in [1.29, 1.82) is 0 Å². The Bertz CT molecular complexity index is 1460. The monoisotopic (exact) mass is 487 g/mol. The number of aromatic nitrogens is 2. The Morgan fingerprint density at radius 3 is 2.66 bits per heavy atom. The second kappa shape index (κ2) is 9.19. The molecular formula is C26H21N3O5S. The highest BCUT2D eigenvalue weighted by molar-refractivity contribution is 7.22. The maximum absolute atomic E-state index is 13.4. The van der Waals surface area contributed by atoms with E-state index >= 15 is 0 Å². The molecule has 0 radical (unpaired) electrons. The lowest BCUT2D eigenvalue weighted by Gasteiger charge is -2.22. The number of rotatable bonds is 6. The van der Waals surface area contributed by atoms with E-state index in [1.165, 1.54) is 23.3 Å². The number of ether oxygens (including phenoxy) is 2. The molecule has 1 aliphatic heterocycles. The summed E-state index contributed by atoms with van der Waals surface area (Å²) >= 11 is 1.26. The zero-order valence-electron chi connectivity index (χ0n) is 19.0. The first-order valence-corrected chi connectivity index (χ1v) is 11.7. The number of aliphatic hydroxyl groups excluding tert-OH is 1. The highest BCUT2D eigenvalue weighted by Gasteiger charge is 2.49. The molecule has 2 aromatic carbocycles. The van der Waals surface area contributed by atoms with Gasteiger partial charge in [-0.05, 0) is 49.4 Å². The molecule has 176 valence electrons. The molecule has 9 heteroatoms. The summed E-state index contributed by atoms with van der Waals surface area (Å²) in [4.78, 5) is 37.0. The maximum Gasteiger partial charge on any atom is 0.301 e. The van der Waals surface area contributed by atoms with Crippen LogP contribution < -0.4 is 14.4 Å². The number of hydrogen-bond donors (Lipinski definition) is 1. The molecule has 0 aliphatic carbocycles. The van der Waals surface area contributed by atoms with Crippen LogP contribution in [0.3, 0.4) is 0 Å². The lowest BCUT2D eigenvalue weighted by atomic mass is 9.98. The van der Waals surface area contributed by atoms with E-state index < -0.39 is 17.7 Å². The van der Waals surface area contributed by atoms with Crippen LogP contribution in [0.4, 0.5) is 5.13 Å².